The lowest BCUT2D eigenvalue weighted by molar-refractivity contribution is -0.117. The van der Waals surface area contributed by atoms with E-state index in [0.717, 1.165) is 11.3 Å². The molecule has 2 aromatic carbocycles. The van der Waals surface area contributed by atoms with Crippen LogP contribution in [0.3, 0.4) is 0 Å². The molecule has 8 nitrogen and oxygen atoms in total. The minimum absolute atomic E-state index is 0.0929. The van der Waals surface area contributed by atoms with Crippen molar-refractivity contribution in [1.82, 2.24) is 0 Å². The fourth-order valence-corrected chi connectivity index (χ4v) is 3.12. The maximum absolute atomic E-state index is 13.3. The van der Waals surface area contributed by atoms with Gasteiger partial charge in [-0.1, -0.05) is 12.1 Å². The molecule has 178 valence electrons. The first-order chi connectivity index (χ1) is 15.8. The number of anilines is 3. The molecule has 0 spiro atoms. The normalized spacial score (nSPS) is 10.3. The second-order valence-corrected chi connectivity index (χ2v) is 7.27. The van der Waals surface area contributed by atoms with Crippen molar-refractivity contribution in [3.05, 3.63) is 53.8 Å². The van der Waals surface area contributed by atoms with Crippen molar-refractivity contribution in [3.63, 3.8) is 0 Å². The molecule has 0 atom stereocenters. The van der Waals surface area contributed by atoms with Gasteiger partial charge in [0.05, 0.1) is 24.6 Å². The number of nitrogens with one attached hydrogen (secondary N) is 2. The Kier molecular flexibility index (Phi) is 10.1. The molecule has 0 heterocycles. The highest BCUT2D eigenvalue weighted by Crippen LogP contribution is 2.30. The van der Waals surface area contributed by atoms with E-state index in [2.05, 4.69) is 10.6 Å². The minimum Gasteiger partial charge on any atom is -0.450 e. The van der Waals surface area contributed by atoms with Gasteiger partial charge in [-0.25, -0.2) is 14.0 Å². The Hall–Kier alpha value is -3.62. The molecule has 0 aliphatic rings. The molecule has 9 heteroatoms. The highest BCUT2D eigenvalue weighted by atomic mass is 19.1. The third-order valence-electron chi connectivity index (χ3n) is 4.64. The monoisotopic (exact) mass is 459 g/mol. The van der Waals surface area contributed by atoms with Gasteiger partial charge in [0.1, 0.15) is 11.6 Å². The van der Waals surface area contributed by atoms with Crippen molar-refractivity contribution < 1.29 is 28.2 Å². The minimum atomic E-state index is -0.664. The first-order valence-corrected chi connectivity index (χ1v) is 10.8. The molecule has 0 unspecified atom stereocenters. The summed E-state index contributed by atoms with van der Waals surface area (Å²) in [6.07, 6.45) is -0.263. The molecule has 0 aliphatic carbocycles. The number of amides is 2. The molecule has 0 aromatic heterocycles. The molecule has 2 aromatic rings. The van der Waals surface area contributed by atoms with Crippen LogP contribution in [-0.4, -0.2) is 37.7 Å². The van der Waals surface area contributed by atoms with E-state index in [1.807, 2.05) is 4.90 Å². The van der Waals surface area contributed by atoms with Gasteiger partial charge >= 0.3 is 12.2 Å². The van der Waals surface area contributed by atoms with E-state index in [1.54, 1.807) is 51.1 Å². The predicted molar refractivity (Wildman–Crippen MR) is 125 cm³/mol. The smallest absolute Gasteiger partial charge is 0.411 e. The number of benzene rings is 2. The Bertz CT molecular complexity index is 950. The molecule has 2 N–H and O–H groups in total. The van der Waals surface area contributed by atoms with Gasteiger partial charge in [0.15, 0.2) is 0 Å². The molecule has 0 fully saturated rings. The number of carbonyl (C=O) groups excluding carboxylic acids is 3. The summed E-state index contributed by atoms with van der Waals surface area (Å²) in [5, 5.41) is 5.24. The lowest BCUT2D eigenvalue weighted by Gasteiger charge is -2.26. The quantitative estimate of drug-likeness (QED) is 0.471. The summed E-state index contributed by atoms with van der Waals surface area (Å²) in [4.78, 5) is 37.4. The molecule has 33 heavy (non-hydrogen) atoms. The van der Waals surface area contributed by atoms with Gasteiger partial charge in [-0.15, -0.1) is 0 Å². The number of halogens is 1. The average Bonchev–Trinajstić information content (AvgIpc) is 2.76. The van der Waals surface area contributed by atoms with Gasteiger partial charge in [0.25, 0.3) is 0 Å². The van der Waals surface area contributed by atoms with Gasteiger partial charge in [-0.2, -0.15) is 0 Å². The van der Waals surface area contributed by atoms with E-state index in [9.17, 15) is 18.8 Å². The van der Waals surface area contributed by atoms with Crippen molar-refractivity contribution >= 4 is 35.0 Å². The van der Waals surface area contributed by atoms with Crippen molar-refractivity contribution in [2.45, 2.75) is 40.2 Å². The predicted octanol–water partition coefficient (Wildman–Crippen LogP) is 5.34. The summed E-state index contributed by atoms with van der Waals surface area (Å²) < 4.78 is 23.2. The summed E-state index contributed by atoms with van der Waals surface area (Å²) in [5.41, 5.74) is 2.29. The summed E-state index contributed by atoms with van der Waals surface area (Å²) >= 11 is 0. The van der Waals surface area contributed by atoms with Crippen LogP contribution in [0, 0.1) is 5.82 Å². The number of hydrogen-bond donors (Lipinski definition) is 2. The van der Waals surface area contributed by atoms with Crippen LogP contribution < -0.4 is 15.5 Å². The summed E-state index contributed by atoms with van der Waals surface area (Å²) in [7, 11) is 0. The van der Waals surface area contributed by atoms with Gasteiger partial charge in [-0.05, 0) is 63.1 Å². The van der Waals surface area contributed by atoms with Gasteiger partial charge in [0.2, 0.25) is 0 Å². The number of hydrogen-bond acceptors (Lipinski definition) is 6. The molecule has 0 bridgehead atoms. The third-order valence-corrected chi connectivity index (χ3v) is 4.64. The number of ketones is 1. The highest BCUT2D eigenvalue weighted by Gasteiger charge is 2.15. The second-order valence-electron chi connectivity index (χ2n) is 7.27. The van der Waals surface area contributed by atoms with Crippen LogP contribution >= 0.6 is 0 Å². The number of carbonyl (C=O) groups is 3. The topological polar surface area (TPSA) is 97.0 Å². The molecule has 2 amide bonds. The Labute approximate surface area is 193 Å². The maximum atomic E-state index is 13.3. The molecule has 0 aliphatic heterocycles. The molecule has 0 saturated heterocycles. The fourth-order valence-electron chi connectivity index (χ4n) is 3.12. The largest absolute Gasteiger partial charge is 0.450 e. The zero-order valence-corrected chi connectivity index (χ0v) is 19.2. The molecule has 0 saturated carbocycles. The first kappa shape index (κ1) is 25.6. The van der Waals surface area contributed by atoms with Crippen molar-refractivity contribution in [2.75, 3.05) is 35.3 Å². The van der Waals surface area contributed by atoms with Crippen molar-refractivity contribution in [2.24, 2.45) is 0 Å². The SMILES string of the molecule is CCOC(=O)Nc1ccc(N(CCCC(C)=O)Cc2ccc(F)cc2)cc1NC(=O)OCC. The summed E-state index contributed by atoms with van der Waals surface area (Å²) in [6.45, 7) is 6.33. The van der Waals surface area contributed by atoms with Crippen LogP contribution in [0.15, 0.2) is 42.5 Å². The third kappa shape index (κ3) is 8.80. The van der Waals surface area contributed by atoms with Crippen LogP contribution in [0.4, 0.5) is 31.0 Å². The lowest BCUT2D eigenvalue weighted by Crippen LogP contribution is -2.25. The zero-order valence-electron chi connectivity index (χ0n) is 19.2. The van der Waals surface area contributed by atoms with Crippen molar-refractivity contribution in [1.29, 1.82) is 0 Å². The molecular formula is C24H30FN3O5. The first-order valence-electron chi connectivity index (χ1n) is 10.8. The van der Waals surface area contributed by atoms with Gasteiger partial charge in [0, 0.05) is 25.2 Å². The molecular weight excluding hydrogens is 429 g/mol. The Balaban J connectivity index is 2.35. The summed E-state index contributed by atoms with van der Waals surface area (Å²) in [5.74, 6) is -0.229. The maximum Gasteiger partial charge on any atom is 0.411 e. The van der Waals surface area contributed by atoms with E-state index < -0.39 is 12.2 Å². The highest BCUT2D eigenvalue weighted by molar-refractivity contribution is 5.96. The molecule has 0 radical (unpaired) electrons. The van der Waals surface area contributed by atoms with Gasteiger partial charge in [-0.3, -0.25) is 10.6 Å². The second kappa shape index (κ2) is 13.0. The lowest BCUT2D eigenvalue weighted by atomic mass is 10.1. The van der Waals surface area contributed by atoms with E-state index in [4.69, 9.17) is 9.47 Å². The van der Waals surface area contributed by atoms with E-state index in [-0.39, 0.29) is 24.8 Å². The summed E-state index contributed by atoms with van der Waals surface area (Å²) in [6, 6.07) is 11.3. The van der Waals surface area contributed by atoms with Gasteiger partial charge < -0.3 is 19.2 Å². The number of nitrogens with zero attached hydrogens (tertiary/aromatic N) is 1. The van der Waals surface area contributed by atoms with Crippen LogP contribution in [0.2, 0.25) is 0 Å². The van der Waals surface area contributed by atoms with Crippen LogP contribution in [-0.2, 0) is 20.8 Å². The van der Waals surface area contributed by atoms with Crippen molar-refractivity contribution in [3.8, 4) is 0 Å². The Morgan fingerprint density at radius 2 is 1.52 bits per heavy atom. The fraction of sp³-hybridized carbons (Fsp3) is 0.375. The van der Waals surface area contributed by atoms with E-state index in [0.29, 0.717) is 37.3 Å². The Morgan fingerprint density at radius 1 is 0.909 bits per heavy atom. The molecule has 2 rings (SSSR count). The zero-order chi connectivity index (χ0) is 24.2. The standard InChI is InChI=1S/C24H30FN3O5/c1-4-32-23(30)26-21-13-12-20(15-22(21)27-24(31)33-5-2)28(14-6-7-17(3)29)16-18-8-10-19(25)11-9-18/h8-13,15H,4-7,14,16H2,1-3H3,(H,26,30)(H,27,31). The van der Waals surface area contributed by atoms with Crippen LogP contribution in [0.5, 0.6) is 0 Å². The van der Waals surface area contributed by atoms with E-state index >= 15 is 0 Å². The number of ether oxygens (including phenoxy) is 2. The van der Waals surface area contributed by atoms with Crippen LogP contribution in [0.1, 0.15) is 39.2 Å². The van der Waals surface area contributed by atoms with E-state index in [1.165, 1.54) is 12.1 Å². The average molecular weight is 460 g/mol. The number of rotatable bonds is 11. The van der Waals surface area contributed by atoms with Crippen LogP contribution in [0.25, 0.3) is 0 Å². The Morgan fingerprint density at radius 3 is 2.09 bits per heavy atom. The number of Topliss-reactive ketones (excluding diaryl/α,β-unsaturated/α-hetero) is 1.